The number of piperazine rings is 1. The van der Waals surface area contributed by atoms with E-state index in [9.17, 15) is 9.59 Å². The minimum atomic E-state index is -0.311. The second-order valence-corrected chi connectivity index (χ2v) is 6.57. The van der Waals surface area contributed by atoms with Crippen LogP contribution in [0.5, 0.6) is 0 Å². The monoisotopic (exact) mass is 260 g/mol. The predicted octanol–water partition coefficient (Wildman–Crippen LogP) is 0.182. The van der Waals surface area contributed by atoms with Gasteiger partial charge in [0.25, 0.3) is 0 Å². The number of hydrogen-bond acceptors (Lipinski definition) is 4. The Bertz CT molecular complexity index is 293. The van der Waals surface area contributed by atoms with Crippen LogP contribution in [0.15, 0.2) is 0 Å². The molecule has 4 nitrogen and oxygen atoms in total. The van der Waals surface area contributed by atoms with Crippen molar-refractivity contribution in [3.8, 4) is 0 Å². The van der Waals surface area contributed by atoms with Gasteiger partial charge < -0.3 is 10.2 Å². The summed E-state index contributed by atoms with van der Waals surface area (Å²) in [5, 5.41) is 3.09. The fraction of sp³-hybridized carbons (Fsp3) is 0.800. The van der Waals surface area contributed by atoms with E-state index in [-0.39, 0.29) is 24.4 Å². The van der Waals surface area contributed by atoms with Gasteiger partial charge in [-0.1, -0.05) is 0 Å². The Labute approximate surface area is 104 Å². The van der Waals surface area contributed by atoms with Crippen LogP contribution in [0.2, 0.25) is 0 Å². The Morgan fingerprint density at radius 2 is 2.25 bits per heavy atom. The zero-order valence-corrected chi connectivity index (χ0v) is 10.9. The lowest BCUT2D eigenvalue weighted by molar-refractivity contribution is -0.144. The molecule has 2 heterocycles. The highest BCUT2D eigenvalue weighted by Crippen LogP contribution is 2.25. The first kappa shape index (κ1) is 12.1. The van der Waals surface area contributed by atoms with Gasteiger partial charge in [-0.3, -0.25) is 9.59 Å². The van der Waals surface area contributed by atoms with Crippen LogP contribution in [0, 0.1) is 0 Å². The standard InChI is InChI=1S/C10H16N2O2S2/c1-7-10(14)11-4-9(13)12(7)5-8-6-15-2-3-16-8/h7-8H,2-6H2,1H3,(H,11,14). The van der Waals surface area contributed by atoms with Gasteiger partial charge in [0.1, 0.15) is 6.04 Å². The lowest BCUT2D eigenvalue weighted by Crippen LogP contribution is -2.58. The molecule has 0 aromatic heterocycles. The van der Waals surface area contributed by atoms with Gasteiger partial charge in [-0.15, -0.1) is 0 Å². The molecule has 90 valence electrons. The molecule has 2 fully saturated rings. The van der Waals surface area contributed by atoms with Crippen molar-refractivity contribution in [2.45, 2.75) is 18.2 Å². The van der Waals surface area contributed by atoms with E-state index in [1.165, 1.54) is 5.75 Å². The fourth-order valence-corrected chi connectivity index (χ4v) is 4.56. The van der Waals surface area contributed by atoms with Crippen LogP contribution in [0.3, 0.4) is 0 Å². The van der Waals surface area contributed by atoms with E-state index in [1.807, 2.05) is 23.5 Å². The molecule has 2 rings (SSSR count). The maximum atomic E-state index is 11.7. The number of nitrogens with zero attached hydrogens (tertiary/aromatic N) is 1. The number of carbonyl (C=O) groups is 2. The van der Waals surface area contributed by atoms with Gasteiger partial charge in [-0.05, 0) is 6.92 Å². The molecule has 2 amide bonds. The number of nitrogens with one attached hydrogen (secondary N) is 1. The Morgan fingerprint density at radius 3 is 2.94 bits per heavy atom. The first-order valence-corrected chi connectivity index (χ1v) is 7.65. The first-order valence-electron chi connectivity index (χ1n) is 5.45. The number of amides is 2. The SMILES string of the molecule is CC1C(=O)NCC(=O)N1CC1CSCCS1. The highest BCUT2D eigenvalue weighted by molar-refractivity contribution is 8.06. The molecule has 0 aliphatic carbocycles. The van der Waals surface area contributed by atoms with E-state index in [0.29, 0.717) is 11.8 Å². The Kier molecular flexibility index (Phi) is 4.02. The second kappa shape index (κ2) is 5.31. The van der Waals surface area contributed by atoms with Crippen molar-refractivity contribution < 1.29 is 9.59 Å². The Morgan fingerprint density at radius 1 is 1.44 bits per heavy atom. The molecule has 0 spiro atoms. The maximum absolute atomic E-state index is 11.7. The summed E-state index contributed by atoms with van der Waals surface area (Å²) in [7, 11) is 0. The van der Waals surface area contributed by atoms with Crippen LogP contribution in [-0.2, 0) is 9.59 Å². The largest absolute Gasteiger partial charge is 0.345 e. The normalized spacial score (nSPS) is 31.4. The molecule has 0 aromatic rings. The third-order valence-electron chi connectivity index (χ3n) is 2.87. The predicted molar refractivity (Wildman–Crippen MR) is 67.8 cm³/mol. The van der Waals surface area contributed by atoms with Crippen molar-refractivity contribution in [3.63, 3.8) is 0 Å². The minimum Gasteiger partial charge on any atom is -0.345 e. The third-order valence-corrected chi connectivity index (χ3v) is 5.69. The Hall–Kier alpha value is -0.360. The summed E-state index contributed by atoms with van der Waals surface area (Å²) < 4.78 is 0. The van der Waals surface area contributed by atoms with E-state index >= 15 is 0 Å². The lowest BCUT2D eigenvalue weighted by atomic mass is 10.2. The van der Waals surface area contributed by atoms with E-state index in [4.69, 9.17) is 0 Å². The van der Waals surface area contributed by atoms with Gasteiger partial charge in [0.05, 0.1) is 6.54 Å². The topological polar surface area (TPSA) is 49.4 Å². The van der Waals surface area contributed by atoms with E-state index in [2.05, 4.69) is 5.32 Å². The molecular weight excluding hydrogens is 244 g/mol. The van der Waals surface area contributed by atoms with Gasteiger partial charge in [-0.25, -0.2) is 0 Å². The van der Waals surface area contributed by atoms with Crippen LogP contribution in [0.25, 0.3) is 0 Å². The molecule has 2 aliphatic heterocycles. The van der Waals surface area contributed by atoms with Crippen LogP contribution in [0.4, 0.5) is 0 Å². The van der Waals surface area contributed by atoms with Gasteiger partial charge in [-0.2, -0.15) is 23.5 Å². The van der Waals surface area contributed by atoms with Crippen LogP contribution >= 0.6 is 23.5 Å². The summed E-state index contributed by atoms with van der Waals surface area (Å²) in [4.78, 5) is 24.9. The fourth-order valence-electron chi connectivity index (χ4n) is 1.89. The minimum absolute atomic E-state index is 0.0342. The molecular formula is C10H16N2O2S2. The van der Waals surface area contributed by atoms with E-state index < -0.39 is 0 Å². The third kappa shape index (κ3) is 2.66. The smallest absolute Gasteiger partial charge is 0.242 e. The molecule has 0 radical (unpaired) electrons. The van der Waals surface area contributed by atoms with Gasteiger partial charge >= 0.3 is 0 Å². The molecule has 2 unspecified atom stereocenters. The molecule has 1 N–H and O–H groups in total. The van der Waals surface area contributed by atoms with E-state index in [1.54, 1.807) is 11.8 Å². The number of carbonyl (C=O) groups excluding carboxylic acids is 2. The van der Waals surface area contributed by atoms with Gasteiger partial charge in [0.15, 0.2) is 0 Å². The molecule has 6 heteroatoms. The average molecular weight is 260 g/mol. The second-order valence-electron chi connectivity index (χ2n) is 4.01. The number of rotatable bonds is 2. The molecule has 2 saturated heterocycles. The van der Waals surface area contributed by atoms with Crippen molar-refractivity contribution in [1.82, 2.24) is 10.2 Å². The number of hydrogen-bond donors (Lipinski definition) is 1. The number of thioether (sulfide) groups is 2. The van der Waals surface area contributed by atoms with Crippen molar-refractivity contribution >= 4 is 35.3 Å². The van der Waals surface area contributed by atoms with Gasteiger partial charge in [0, 0.05) is 29.1 Å². The summed E-state index contributed by atoms with van der Waals surface area (Å²) in [6.45, 7) is 2.67. The summed E-state index contributed by atoms with van der Waals surface area (Å²) >= 11 is 3.85. The highest BCUT2D eigenvalue weighted by Gasteiger charge is 2.32. The van der Waals surface area contributed by atoms with Crippen molar-refractivity contribution in [3.05, 3.63) is 0 Å². The zero-order valence-electron chi connectivity index (χ0n) is 9.27. The van der Waals surface area contributed by atoms with Crippen molar-refractivity contribution in [1.29, 1.82) is 0 Å². The molecule has 0 bridgehead atoms. The average Bonchev–Trinajstić information content (AvgIpc) is 2.31. The maximum Gasteiger partial charge on any atom is 0.242 e. The molecule has 0 aromatic carbocycles. The summed E-state index contributed by atoms with van der Waals surface area (Å²) in [6.07, 6.45) is 0. The van der Waals surface area contributed by atoms with E-state index in [0.717, 1.165) is 11.5 Å². The van der Waals surface area contributed by atoms with Crippen molar-refractivity contribution in [2.75, 3.05) is 30.3 Å². The molecule has 2 atom stereocenters. The first-order chi connectivity index (χ1) is 7.68. The quantitative estimate of drug-likeness (QED) is 0.769. The Balaban J connectivity index is 1.95. The van der Waals surface area contributed by atoms with Crippen molar-refractivity contribution in [2.24, 2.45) is 0 Å². The molecule has 16 heavy (non-hydrogen) atoms. The van der Waals surface area contributed by atoms with Gasteiger partial charge in [0.2, 0.25) is 11.8 Å². The summed E-state index contributed by atoms with van der Waals surface area (Å²) in [6, 6.07) is -0.311. The van der Waals surface area contributed by atoms with Crippen LogP contribution in [-0.4, -0.2) is 58.4 Å². The highest BCUT2D eigenvalue weighted by atomic mass is 32.2. The lowest BCUT2D eigenvalue weighted by Gasteiger charge is -2.36. The molecule has 0 saturated carbocycles. The summed E-state index contributed by atoms with van der Waals surface area (Å²) in [5.74, 6) is 3.45. The molecule has 2 aliphatic rings. The summed E-state index contributed by atoms with van der Waals surface area (Å²) in [5.41, 5.74) is 0. The van der Waals surface area contributed by atoms with Crippen LogP contribution in [0.1, 0.15) is 6.92 Å². The van der Waals surface area contributed by atoms with Crippen LogP contribution < -0.4 is 5.32 Å². The zero-order chi connectivity index (χ0) is 11.5.